The van der Waals surface area contributed by atoms with Gasteiger partial charge in [0.05, 0.1) is 0 Å². The molecular formula is C12H23N. The van der Waals surface area contributed by atoms with E-state index < -0.39 is 0 Å². The van der Waals surface area contributed by atoms with Gasteiger partial charge in [-0.15, -0.1) is 0 Å². The molecule has 0 aromatic heterocycles. The summed E-state index contributed by atoms with van der Waals surface area (Å²) >= 11 is 0. The van der Waals surface area contributed by atoms with Crippen LogP contribution < -0.4 is 0 Å². The van der Waals surface area contributed by atoms with Crippen molar-refractivity contribution in [2.24, 2.45) is 11.8 Å². The largest absolute Gasteiger partial charge is 0.298 e. The second-order valence-electron chi connectivity index (χ2n) is 5.19. The lowest BCUT2D eigenvalue weighted by molar-refractivity contribution is 0.0908. The van der Waals surface area contributed by atoms with Crippen LogP contribution in [0.5, 0.6) is 0 Å². The first-order valence-electron chi connectivity index (χ1n) is 5.98. The van der Waals surface area contributed by atoms with Gasteiger partial charge in [-0.1, -0.05) is 20.8 Å². The standard InChI is InChI=1S/C12H23N/c1-4-13-11-5-6-12(13)8-10(7-11)9(2)3/h9-12H,4-8H2,1-3H3/t10?,11-,12+. The normalized spacial score (nSPS) is 40.2. The van der Waals surface area contributed by atoms with Crippen LogP contribution in [0.1, 0.15) is 46.5 Å². The molecule has 0 aromatic rings. The molecule has 1 unspecified atom stereocenters. The van der Waals surface area contributed by atoms with E-state index in [-0.39, 0.29) is 0 Å². The fourth-order valence-corrected chi connectivity index (χ4v) is 3.38. The Labute approximate surface area is 82.5 Å². The van der Waals surface area contributed by atoms with E-state index in [0.717, 1.165) is 23.9 Å². The van der Waals surface area contributed by atoms with Crippen LogP contribution in [0.15, 0.2) is 0 Å². The Kier molecular flexibility index (Phi) is 2.64. The third kappa shape index (κ3) is 1.63. The van der Waals surface area contributed by atoms with Crippen LogP contribution in [-0.2, 0) is 0 Å². The Morgan fingerprint density at radius 3 is 2.08 bits per heavy atom. The van der Waals surface area contributed by atoms with E-state index in [2.05, 4.69) is 25.7 Å². The van der Waals surface area contributed by atoms with Crippen molar-refractivity contribution >= 4 is 0 Å². The molecule has 3 atom stereocenters. The van der Waals surface area contributed by atoms with Crippen molar-refractivity contribution < 1.29 is 0 Å². The molecule has 0 spiro atoms. The lowest BCUT2D eigenvalue weighted by Gasteiger charge is -2.39. The maximum atomic E-state index is 2.75. The maximum absolute atomic E-state index is 2.75. The van der Waals surface area contributed by atoms with Crippen molar-refractivity contribution in [3.63, 3.8) is 0 Å². The van der Waals surface area contributed by atoms with E-state index in [1.165, 1.54) is 32.2 Å². The van der Waals surface area contributed by atoms with Gasteiger partial charge in [0.15, 0.2) is 0 Å². The molecular weight excluding hydrogens is 158 g/mol. The lowest BCUT2D eigenvalue weighted by Crippen LogP contribution is -2.43. The summed E-state index contributed by atoms with van der Waals surface area (Å²) in [6.45, 7) is 8.39. The van der Waals surface area contributed by atoms with Gasteiger partial charge in [-0.3, -0.25) is 4.90 Å². The van der Waals surface area contributed by atoms with E-state index in [0.29, 0.717) is 0 Å². The molecule has 76 valence electrons. The van der Waals surface area contributed by atoms with E-state index in [1.807, 2.05) is 0 Å². The molecule has 2 rings (SSSR count). The van der Waals surface area contributed by atoms with Gasteiger partial charge >= 0.3 is 0 Å². The fourth-order valence-electron chi connectivity index (χ4n) is 3.38. The van der Waals surface area contributed by atoms with Crippen molar-refractivity contribution in [1.29, 1.82) is 0 Å². The number of rotatable bonds is 2. The van der Waals surface area contributed by atoms with Crippen LogP contribution in [0, 0.1) is 11.8 Å². The molecule has 2 aliphatic heterocycles. The highest BCUT2D eigenvalue weighted by Gasteiger charge is 2.40. The zero-order valence-electron chi connectivity index (χ0n) is 9.29. The summed E-state index contributed by atoms with van der Waals surface area (Å²) in [5.41, 5.74) is 0. The summed E-state index contributed by atoms with van der Waals surface area (Å²) in [6, 6.07) is 1.88. The molecule has 0 aromatic carbocycles. The van der Waals surface area contributed by atoms with Gasteiger partial charge in [-0.25, -0.2) is 0 Å². The number of piperidine rings is 1. The van der Waals surface area contributed by atoms with E-state index in [9.17, 15) is 0 Å². The highest BCUT2D eigenvalue weighted by atomic mass is 15.2. The van der Waals surface area contributed by atoms with Crippen molar-refractivity contribution in [3.8, 4) is 0 Å². The molecule has 2 bridgehead atoms. The molecule has 0 amide bonds. The summed E-state index contributed by atoms with van der Waals surface area (Å²) in [4.78, 5) is 2.75. The van der Waals surface area contributed by atoms with Crippen molar-refractivity contribution in [3.05, 3.63) is 0 Å². The molecule has 13 heavy (non-hydrogen) atoms. The molecule has 2 saturated heterocycles. The number of hydrogen-bond donors (Lipinski definition) is 0. The smallest absolute Gasteiger partial charge is 0.0101 e. The Morgan fingerprint density at radius 2 is 1.69 bits per heavy atom. The predicted molar refractivity (Wildman–Crippen MR) is 56.8 cm³/mol. The minimum Gasteiger partial charge on any atom is -0.298 e. The zero-order chi connectivity index (χ0) is 9.42. The first-order valence-corrected chi connectivity index (χ1v) is 5.98. The second kappa shape index (κ2) is 3.61. The Hall–Kier alpha value is -0.0400. The molecule has 1 nitrogen and oxygen atoms in total. The first-order chi connectivity index (χ1) is 6.22. The number of nitrogens with zero attached hydrogens (tertiary/aromatic N) is 1. The quantitative estimate of drug-likeness (QED) is 0.633. The molecule has 0 aliphatic carbocycles. The summed E-state index contributed by atoms with van der Waals surface area (Å²) in [6.07, 6.45) is 5.90. The van der Waals surface area contributed by atoms with E-state index in [1.54, 1.807) is 0 Å². The van der Waals surface area contributed by atoms with Gasteiger partial charge in [0, 0.05) is 12.1 Å². The van der Waals surface area contributed by atoms with Gasteiger partial charge in [0.2, 0.25) is 0 Å². The molecule has 2 heterocycles. The van der Waals surface area contributed by atoms with E-state index in [4.69, 9.17) is 0 Å². The monoisotopic (exact) mass is 181 g/mol. The Balaban J connectivity index is 2.02. The summed E-state index contributed by atoms with van der Waals surface area (Å²) < 4.78 is 0. The Bertz CT molecular complexity index is 162. The van der Waals surface area contributed by atoms with Gasteiger partial charge in [-0.2, -0.15) is 0 Å². The van der Waals surface area contributed by atoms with Gasteiger partial charge in [0.1, 0.15) is 0 Å². The van der Waals surface area contributed by atoms with Crippen molar-refractivity contribution in [2.75, 3.05) is 6.54 Å². The molecule has 2 aliphatic rings. The molecule has 0 N–H and O–H groups in total. The average molecular weight is 181 g/mol. The SMILES string of the molecule is CCN1[C@@H]2CC[C@H]1CC(C(C)C)C2. The first kappa shape index (κ1) is 9.51. The number of hydrogen-bond acceptors (Lipinski definition) is 1. The third-order valence-electron chi connectivity index (χ3n) is 4.23. The summed E-state index contributed by atoms with van der Waals surface area (Å²) in [5, 5.41) is 0. The third-order valence-corrected chi connectivity index (χ3v) is 4.23. The average Bonchev–Trinajstić information content (AvgIpc) is 2.34. The van der Waals surface area contributed by atoms with Crippen molar-refractivity contribution in [1.82, 2.24) is 4.90 Å². The minimum absolute atomic E-state index is 0.905. The highest BCUT2D eigenvalue weighted by Crippen LogP contribution is 2.40. The van der Waals surface area contributed by atoms with Gasteiger partial charge in [-0.05, 0) is 44.1 Å². The maximum Gasteiger partial charge on any atom is 0.0101 e. The zero-order valence-corrected chi connectivity index (χ0v) is 9.29. The molecule has 2 fully saturated rings. The predicted octanol–water partition coefficient (Wildman–Crippen LogP) is 2.91. The fraction of sp³-hybridized carbons (Fsp3) is 1.00. The van der Waals surface area contributed by atoms with Gasteiger partial charge in [0.25, 0.3) is 0 Å². The van der Waals surface area contributed by atoms with Crippen LogP contribution in [0.2, 0.25) is 0 Å². The van der Waals surface area contributed by atoms with E-state index >= 15 is 0 Å². The van der Waals surface area contributed by atoms with Crippen LogP contribution in [0.4, 0.5) is 0 Å². The topological polar surface area (TPSA) is 3.24 Å². The van der Waals surface area contributed by atoms with Crippen LogP contribution in [0.25, 0.3) is 0 Å². The summed E-state index contributed by atoms with van der Waals surface area (Å²) in [7, 11) is 0. The van der Waals surface area contributed by atoms with Crippen LogP contribution in [0.3, 0.4) is 0 Å². The summed E-state index contributed by atoms with van der Waals surface area (Å²) in [5.74, 6) is 1.92. The van der Waals surface area contributed by atoms with Crippen LogP contribution >= 0.6 is 0 Å². The Morgan fingerprint density at radius 1 is 1.15 bits per heavy atom. The van der Waals surface area contributed by atoms with Crippen LogP contribution in [-0.4, -0.2) is 23.5 Å². The molecule has 1 heteroatoms. The number of fused-ring (bicyclic) bond motifs is 2. The second-order valence-corrected chi connectivity index (χ2v) is 5.19. The minimum atomic E-state index is 0.905. The molecule has 0 radical (unpaired) electrons. The van der Waals surface area contributed by atoms with Gasteiger partial charge < -0.3 is 0 Å². The van der Waals surface area contributed by atoms with Crippen molar-refractivity contribution in [2.45, 2.75) is 58.5 Å². The lowest BCUT2D eigenvalue weighted by atomic mass is 9.83. The highest BCUT2D eigenvalue weighted by molar-refractivity contribution is 4.94. The molecule has 0 saturated carbocycles.